The van der Waals surface area contributed by atoms with E-state index in [9.17, 15) is 9.59 Å². The van der Waals surface area contributed by atoms with Gasteiger partial charge < -0.3 is 4.90 Å². The molecule has 1 aliphatic rings. The Labute approximate surface area is 200 Å². The van der Waals surface area contributed by atoms with E-state index in [0.29, 0.717) is 28.7 Å². The Hall–Kier alpha value is -2.42. The van der Waals surface area contributed by atoms with Crippen molar-refractivity contribution in [2.45, 2.75) is 37.5 Å². The van der Waals surface area contributed by atoms with Crippen LogP contribution in [0.5, 0.6) is 0 Å². The monoisotopic (exact) mass is 486 g/mol. The summed E-state index contributed by atoms with van der Waals surface area (Å²) in [5, 5.41) is 13.1. The fraction of sp³-hybridized carbons (Fsp3) is 0.304. The van der Waals surface area contributed by atoms with Gasteiger partial charge in [0.2, 0.25) is 11.0 Å². The first-order chi connectivity index (χ1) is 15.5. The molecule has 1 aromatic heterocycles. The van der Waals surface area contributed by atoms with Crippen molar-refractivity contribution in [2.75, 3.05) is 22.5 Å². The summed E-state index contributed by atoms with van der Waals surface area (Å²) in [7, 11) is 0. The number of rotatable bonds is 7. The van der Waals surface area contributed by atoms with E-state index in [2.05, 4.69) is 22.4 Å². The van der Waals surface area contributed by atoms with Crippen molar-refractivity contribution in [3.63, 3.8) is 0 Å². The topological polar surface area (TPSA) is 75.2 Å². The number of carbonyl (C=O) groups is 2. The molecular formula is C23H23ClN4O2S2. The van der Waals surface area contributed by atoms with Gasteiger partial charge in [0.05, 0.1) is 5.56 Å². The Bertz CT molecular complexity index is 1150. The zero-order chi connectivity index (χ0) is 22.7. The van der Waals surface area contributed by atoms with E-state index in [0.717, 1.165) is 33.3 Å². The summed E-state index contributed by atoms with van der Waals surface area (Å²) in [5.41, 5.74) is 2.38. The highest BCUT2D eigenvalue weighted by molar-refractivity contribution is 7.99. The Balaban J connectivity index is 1.45. The second kappa shape index (κ2) is 10.0. The highest BCUT2D eigenvalue weighted by Crippen LogP contribution is 2.35. The smallest absolute Gasteiger partial charge is 0.258 e. The number of nitrogens with zero attached hydrogens (tertiary/aromatic N) is 3. The molecule has 32 heavy (non-hydrogen) atoms. The fourth-order valence-electron chi connectivity index (χ4n) is 3.48. The lowest BCUT2D eigenvalue weighted by Crippen LogP contribution is -2.24. The highest BCUT2D eigenvalue weighted by Gasteiger charge is 2.34. The molecule has 9 heteroatoms. The minimum atomic E-state index is -0.203. The average molecular weight is 487 g/mol. The summed E-state index contributed by atoms with van der Waals surface area (Å²) in [4.78, 5) is 28.1. The SMILES string of the molecule is CCCSc1ccccc1C(=O)Nc1nnc(C2CC(=O)N(c3ccc(C)c(Cl)c3)C2)s1. The average Bonchev–Trinajstić information content (AvgIpc) is 3.41. The lowest BCUT2D eigenvalue weighted by atomic mass is 10.1. The van der Waals surface area contributed by atoms with Gasteiger partial charge in [0.1, 0.15) is 5.01 Å². The number of benzene rings is 2. The third-order valence-corrected chi connectivity index (χ3v) is 7.88. The minimum absolute atomic E-state index is 0.0255. The number of hydrogen-bond acceptors (Lipinski definition) is 6. The summed E-state index contributed by atoms with van der Waals surface area (Å²) in [5.74, 6) is 0.701. The van der Waals surface area contributed by atoms with Crippen molar-refractivity contribution in [3.8, 4) is 0 Å². The first-order valence-corrected chi connectivity index (χ1v) is 12.6. The maximum atomic E-state index is 12.8. The van der Waals surface area contributed by atoms with Crippen LogP contribution >= 0.6 is 34.7 Å². The van der Waals surface area contributed by atoms with E-state index in [1.807, 2.05) is 49.4 Å². The first kappa shape index (κ1) is 22.8. The lowest BCUT2D eigenvalue weighted by Gasteiger charge is -2.17. The van der Waals surface area contributed by atoms with Crippen molar-refractivity contribution in [1.82, 2.24) is 10.2 Å². The molecule has 166 valence electrons. The molecule has 2 amide bonds. The van der Waals surface area contributed by atoms with Crippen LogP contribution < -0.4 is 10.2 Å². The van der Waals surface area contributed by atoms with Crippen LogP contribution in [0, 0.1) is 6.92 Å². The van der Waals surface area contributed by atoms with E-state index in [1.165, 1.54) is 11.3 Å². The third kappa shape index (κ3) is 4.98. The quantitative estimate of drug-likeness (QED) is 0.429. The van der Waals surface area contributed by atoms with Crippen LogP contribution in [-0.4, -0.2) is 34.3 Å². The van der Waals surface area contributed by atoms with Crippen molar-refractivity contribution >= 4 is 57.3 Å². The zero-order valence-electron chi connectivity index (χ0n) is 17.8. The van der Waals surface area contributed by atoms with Crippen molar-refractivity contribution in [1.29, 1.82) is 0 Å². The number of thioether (sulfide) groups is 1. The second-order valence-corrected chi connectivity index (χ2v) is 10.1. The van der Waals surface area contributed by atoms with E-state index >= 15 is 0 Å². The summed E-state index contributed by atoms with van der Waals surface area (Å²) in [6, 6.07) is 13.2. The Morgan fingerprint density at radius 2 is 2.09 bits per heavy atom. The maximum absolute atomic E-state index is 12.8. The van der Waals surface area contributed by atoms with Crippen LogP contribution in [0.2, 0.25) is 5.02 Å². The number of halogens is 1. The predicted octanol–water partition coefficient (Wildman–Crippen LogP) is 5.77. The molecule has 0 bridgehead atoms. The highest BCUT2D eigenvalue weighted by atomic mass is 35.5. The van der Waals surface area contributed by atoms with Gasteiger partial charge in [0.25, 0.3) is 5.91 Å². The van der Waals surface area contributed by atoms with Gasteiger partial charge in [-0.2, -0.15) is 0 Å². The number of nitrogens with one attached hydrogen (secondary N) is 1. The number of aromatic nitrogens is 2. The minimum Gasteiger partial charge on any atom is -0.312 e. The summed E-state index contributed by atoms with van der Waals surface area (Å²) in [6.07, 6.45) is 1.39. The largest absolute Gasteiger partial charge is 0.312 e. The van der Waals surface area contributed by atoms with Gasteiger partial charge in [0, 0.05) is 34.5 Å². The van der Waals surface area contributed by atoms with Crippen molar-refractivity contribution < 1.29 is 9.59 Å². The molecule has 2 heterocycles. The summed E-state index contributed by atoms with van der Waals surface area (Å²) >= 11 is 9.22. The normalized spacial score (nSPS) is 15.9. The number of amides is 2. The van der Waals surface area contributed by atoms with Crippen molar-refractivity contribution in [2.24, 2.45) is 0 Å². The van der Waals surface area contributed by atoms with Crippen LogP contribution in [-0.2, 0) is 4.79 Å². The standard InChI is InChI=1S/C23H23ClN4O2S2/c1-3-10-31-19-7-5-4-6-17(19)21(30)25-23-27-26-22(32-23)15-11-20(29)28(13-15)16-9-8-14(2)18(24)12-16/h4-9,12,15H,3,10-11,13H2,1-2H3,(H,25,27,30). The summed E-state index contributed by atoms with van der Waals surface area (Å²) in [6.45, 7) is 4.55. The van der Waals surface area contributed by atoms with Crippen LogP contribution in [0.25, 0.3) is 0 Å². The number of carbonyl (C=O) groups excluding carboxylic acids is 2. The molecule has 2 aromatic carbocycles. The number of hydrogen-bond donors (Lipinski definition) is 1. The van der Waals surface area contributed by atoms with Gasteiger partial charge in [-0.1, -0.05) is 48.1 Å². The first-order valence-electron chi connectivity index (χ1n) is 10.4. The van der Waals surface area contributed by atoms with E-state index in [1.54, 1.807) is 16.7 Å². The van der Waals surface area contributed by atoms with E-state index in [-0.39, 0.29) is 17.7 Å². The van der Waals surface area contributed by atoms with Gasteiger partial charge in [-0.25, -0.2) is 0 Å². The molecule has 0 aliphatic carbocycles. The van der Waals surface area contributed by atoms with Gasteiger partial charge in [-0.05, 0) is 48.9 Å². The molecule has 1 unspecified atom stereocenters. The lowest BCUT2D eigenvalue weighted by molar-refractivity contribution is -0.117. The van der Waals surface area contributed by atoms with Crippen LogP contribution in [0.15, 0.2) is 47.4 Å². The zero-order valence-corrected chi connectivity index (χ0v) is 20.2. The molecular weight excluding hydrogens is 464 g/mol. The Morgan fingerprint density at radius 1 is 1.28 bits per heavy atom. The summed E-state index contributed by atoms with van der Waals surface area (Å²) < 4.78 is 0. The van der Waals surface area contributed by atoms with Crippen LogP contribution in [0.3, 0.4) is 0 Å². The predicted molar refractivity (Wildman–Crippen MR) is 131 cm³/mol. The molecule has 3 aromatic rings. The molecule has 1 fully saturated rings. The number of anilines is 2. The van der Waals surface area contributed by atoms with Gasteiger partial charge >= 0.3 is 0 Å². The third-order valence-electron chi connectivity index (χ3n) is 5.20. The maximum Gasteiger partial charge on any atom is 0.258 e. The molecule has 1 saturated heterocycles. The molecule has 6 nitrogen and oxygen atoms in total. The van der Waals surface area contributed by atoms with E-state index < -0.39 is 0 Å². The van der Waals surface area contributed by atoms with Gasteiger partial charge in [-0.3, -0.25) is 14.9 Å². The van der Waals surface area contributed by atoms with Crippen molar-refractivity contribution in [3.05, 3.63) is 63.6 Å². The van der Waals surface area contributed by atoms with E-state index in [4.69, 9.17) is 11.6 Å². The molecule has 0 saturated carbocycles. The molecule has 1 N–H and O–H groups in total. The van der Waals surface area contributed by atoms with Crippen LogP contribution in [0.4, 0.5) is 10.8 Å². The fourth-order valence-corrected chi connectivity index (χ4v) is 5.40. The Morgan fingerprint density at radius 3 is 2.88 bits per heavy atom. The van der Waals surface area contributed by atoms with Gasteiger partial charge in [0.15, 0.2) is 0 Å². The molecule has 0 radical (unpaired) electrons. The molecule has 4 rings (SSSR count). The number of aryl methyl sites for hydroxylation is 1. The van der Waals surface area contributed by atoms with Crippen LogP contribution in [0.1, 0.15) is 46.6 Å². The molecule has 0 spiro atoms. The molecule has 1 atom stereocenters. The Kier molecular flexibility index (Phi) is 7.13. The molecule has 1 aliphatic heterocycles. The second-order valence-electron chi connectivity index (χ2n) is 7.58. The van der Waals surface area contributed by atoms with Gasteiger partial charge in [-0.15, -0.1) is 22.0 Å².